The minimum absolute atomic E-state index is 0.235. The molecule has 20 heavy (non-hydrogen) atoms. The Kier molecular flexibility index (Phi) is 5.02. The second-order valence-corrected chi connectivity index (χ2v) is 5.49. The van der Waals surface area contributed by atoms with Crippen LogP contribution in [0.5, 0.6) is 5.75 Å². The van der Waals surface area contributed by atoms with Gasteiger partial charge >= 0.3 is 0 Å². The quantitative estimate of drug-likeness (QED) is 0.869. The standard InChI is InChI=1S/C15H13BrClFO2/c1-20-13-7-3-5-10(17)14(13)12(19)8-9-4-2-6-11(18)15(9)16/h2-7,12,19H,8H2,1H3. The van der Waals surface area contributed by atoms with E-state index in [1.807, 2.05) is 0 Å². The van der Waals surface area contributed by atoms with Crippen LogP contribution in [0, 0.1) is 5.82 Å². The van der Waals surface area contributed by atoms with E-state index in [4.69, 9.17) is 16.3 Å². The molecule has 2 rings (SSSR count). The molecule has 0 saturated carbocycles. The summed E-state index contributed by atoms with van der Waals surface area (Å²) in [5.41, 5.74) is 1.17. The maximum absolute atomic E-state index is 13.5. The van der Waals surface area contributed by atoms with Crippen LogP contribution in [0.2, 0.25) is 5.02 Å². The first kappa shape index (κ1) is 15.3. The van der Waals surface area contributed by atoms with E-state index < -0.39 is 6.10 Å². The number of aliphatic hydroxyl groups excluding tert-OH is 1. The number of rotatable bonds is 4. The molecule has 0 radical (unpaired) electrons. The van der Waals surface area contributed by atoms with Crippen molar-refractivity contribution >= 4 is 27.5 Å². The van der Waals surface area contributed by atoms with Crippen molar-refractivity contribution in [3.8, 4) is 5.75 Å². The van der Waals surface area contributed by atoms with Gasteiger partial charge in [0, 0.05) is 12.0 Å². The van der Waals surface area contributed by atoms with E-state index in [0.717, 1.165) is 0 Å². The Balaban J connectivity index is 2.33. The minimum atomic E-state index is -0.878. The first-order valence-corrected chi connectivity index (χ1v) is 7.15. The van der Waals surface area contributed by atoms with Crippen molar-refractivity contribution < 1.29 is 14.2 Å². The van der Waals surface area contributed by atoms with E-state index in [1.165, 1.54) is 13.2 Å². The summed E-state index contributed by atoms with van der Waals surface area (Å²) in [5, 5.41) is 10.8. The van der Waals surface area contributed by atoms with E-state index in [9.17, 15) is 9.50 Å². The third kappa shape index (κ3) is 3.14. The SMILES string of the molecule is COc1cccc(Cl)c1C(O)Cc1cccc(F)c1Br. The topological polar surface area (TPSA) is 29.5 Å². The fraction of sp³-hybridized carbons (Fsp3) is 0.200. The summed E-state index contributed by atoms with van der Waals surface area (Å²) < 4.78 is 19.0. The van der Waals surface area contributed by atoms with E-state index >= 15 is 0 Å². The lowest BCUT2D eigenvalue weighted by atomic mass is 10.0. The molecule has 0 fully saturated rings. The van der Waals surface area contributed by atoms with Gasteiger partial charge in [0.2, 0.25) is 0 Å². The average molecular weight is 360 g/mol. The smallest absolute Gasteiger partial charge is 0.137 e. The number of hydrogen-bond donors (Lipinski definition) is 1. The summed E-state index contributed by atoms with van der Waals surface area (Å²) in [6.07, 6.45) is -0.643. The zero-order chi connectivity index (χ0) is 14.7. The number of methoxy groups -OCH3 is 1. The zero-order valence-electron chi connectivity index (χ0n) is 10.7. The van der Waals surface area contributed by atoms with Crippen molar-refractivity contribution in [2.45, 2.75) is 12.5 Å². The van der Waals surface area contributed by atoms with Gasteiger partial charge in [0.05, 0.1) is 22.7 Å². The van der Waals surface area contributed by atoms with Crippen LogP contribution in [0.25, 0.3) is 0 Å². The number of halogens is 3. The summed E-state index contributed by atoms with van der Waals surface area (Å²) in [6, 6.07) is 9.87. The van der Waals surface area contributed by atoms with E-state index in [1.54, 1.807) is 30.3 Å². The van der Waals surface area contributed by atoms with Gasteiger partial charge in [-0.1, -0.05) is 29.8 Å². The molecular weight excluding hydrogens is 347 g/mol. The highest BCUT2D eigenvalue weighted by Gasteiger charge is 2.19. The van der Waals surface area contributed by atoms with Crippen molar-refractivity contribution in [1.82, 2.24) is 0 Å². The Morgan fingerprint density at radius 1 is 1.30 bits per heavy atom. The number of hydrogen-bond acceptors (Lipinski definition) is 2. The number of ether oxygens (including phenoxy) is 1. The fourth-order valence-corrected chi connectivity index (χ4v) is 2.75. The lowest BCUT2D eigenvalue weighted by Gasteiger charge is -2.17. The molecule has 2 nitrogen and oxygen atoms in total. The number of benzene rings is 2. The molecule has 106 valence electrons. The Hall–Kier alpha value is -1.10. The molecule has 0 amide bonds. The summed E-state index contributed by atoms with van der Waals surface area (Å²) in [5.74, 6) is 0.151. The van der Waals surface area contributed by atoms with Gasteiger partial charge in [0.15, 0.2) is 0 Å². The fourth-order valence-electron chi connectivity index (χ4n) is 2.04. The van der Waals surface area contributed by atoms with Crippen LogP contribution in [-0.4, -0.2) is 12.2 Å². The molecule has 0 aromatic heterocycles. The Labute approximate surface area is 130 Å². The summed E-state index contributed by atoms with van der Waals surface area (Å²) in [6.45, 7) is 0. The molecule has 5 heteroatoms. The highest BCUT2D eigenvalue weighted by Crippen LogP contribution is 2.35. The molecule has 0 heterocycles. The molecule has 0 spiro atoms. The van der Waals surface area contributed by atoms with Gasteiger partial charge in [-0.3, -0.25) is 0 Å². The van der Waals surface area contributed by atoms with Crippen LogP contribution in [-0.2, 0) is 6.42 Å². The van der Waals surface area contributed by atoms with Crippen molar-refractivity contribution in [2.24, 2.45) is 0 Å². The van der Waals surface area contributed by atoms with E-state index in [0.29, 0.717) is 26.4 Å². The van der Waals surface area contributed by atoms with Crippen molar-refractivity contribution in [2.75, 3.05) is 7.11 Å². The largest absolute Gasteiger partial charge is 0.496 e. The van der Waals surface area contributed by atoms with Crippen LogP contribution in [0.1, 0.15) is 17.2 Å². The lowest BCUT2D eigenvalue weighted by Crippen LogP contribution is -2.06. The molecule has 0 aliphatic heterocycles. The summed E-state index contributed by atoms with van der Waals surface area (Å²) in [7, 11) is 1.51. The molecule has 0 bridgehead atoms. The second-order valence-electron chi connectivity index (χ2n) is 4.29. The Bertz CT molecular complexity index is 619. The van der Waals surface area contributed by atoms with Crippen LogP contribution >= 0.6 is 27.5 Å². The third-order valence-electron chi connectivity index (χ3n) is 3.01. The molecule has 0 aliphatic rings. The molecular formula is C15H13BrClFO2. The van der Waals surface area contributed by atoms with Crippen molar-refractivity contribution in [3.63, 3.8) is 0 Å². The van der Waals surface area contributed by atoms with Gasteiger partial charge in [-0.2, -0.15) is 0 Å². The Morgan fingerprint density at radius 2 is 2.00 bits per heavy atom. The lowest BCUT2D eigenvalue weighted by molar-refractivity contribution is 0.174. The monoisotopic (exact) mass is 358 g/mol. The van der Waals surface area contributed by atoms with Crippen molar-refractivity contribution in [3.05, 3.63) is 62.8 Å². The van der Waals surface area contributed by atoms with Gasteiger partial charge in [-0.05, 0) is 39.7 Å². The summed E-state index contributed by atoms with van der Waals surface area (Å²) >= 11 is 9.30. The van der Waals surface area contributed by atoms with Crippen LogP contribution in [0.15, 0.2) is 40.9 Å². The molecule has 2 aromatic carbocycles. The molecule has 1 unspecified atom stereocenters. The minimum Gasteiger partial charge on any atom is -0.496 e. The molecule has 0 aliphatic carbocycles. The molecule has 2 aromatic rings. The maximum Gasteiger partial charge on any atom is 0.137 e. The van der Waals surface area contributed by atoms with Gasteiger partial charge in [0.1, 0.15) is 11.6 Å². The first-order chi connectivity index (χ1) is 9.54. The highest BCUT2D eigenvalue weighted by molar-refractivity contribution is 9.10. The molecule has 1 atom stereocenters. The van der Waals surface area contributed by atoms with Crippen LogP contribution < -0.4 is 4.74 Å². The maximum atomic E-state index is 13.5. The van der Waals surface area contributed by atoms with Crippen LogP contribution in [0.3, 0.4) is 0 Å². The van der Waals surface area contributed by atoms with Gasteiger partial charge in [-0.25, -0.2) is 4.39 Å². The zero-order valence-corrected chi connectivity index (χ0v) is 13.1. The predicted octanol–water partition coefficient (Wildman–Crippen LogP) is 4.53. The highest BCUT2D eigenvalue weighted by atomic mass is 79.9. The third-order valence-corrected chi connectivity index (χ3v) is 4.23. The van der Waals surface area contributed by atoms with E-state index in [-0.39, 0.29) is 12.2 Å². The van der Waals surface area contributed by atoms with Gasteiger partial charge < -0.3 is 9.84 Å². The van der Waals surface area contributed by atoms with Crippen molar-refractivity contribution in [1.29, 1.82) is 0 Å². The summed E-state index contributed by atoms with van der Waals surface area (Å²) in [4.78, 5) is 0. The normalized spacial score (nSPS) is 12.2. The van der Waals surface area contributed by atoms with Gasteiger partial charge in [0.25, 0.3) is 0 Å². The Morgan fingerprint density at radius 3 is 2.70 bits per heavy atom. The average Bonchev–Trinajstić information content (AvgIpc) is 2.43. The van der Waals surface area contributed by atoms with E-state index in [2.05, 4.69) is 15.9 Å². The molecule has 1 N–H and O–H groups in total. The van der Waals surface area contributed by atoms with Crippen LogP contribution in [0.4, 0.5) is 4.39 Å². The second kappa shape index (κ2) is 6.57. The molecule has 0 saturated heterocycles. The first-order valence-electron chi connectivity index (χ1n) is 5.98. The number of aliphatic hydroxyl groups is 1. The van der Waals surface area contributed by atoms with Gasteiger partial charge in [-0.15, -0.1) is 0 Å². The predicted molar refractivity (Wildman–Crippen MR) is 80.8 cm³/mol.